The molecule has 0 fully saturated rings. The quantitative estimate of drug-likeness (QED) is 0.499. The van der Waals surface area contributed by atoms with E-state index in [2.05, 4.69) is 5.32 Å². The third-order valence-corrected chi connectivity index (χ3v) is 3.25. The summed E-state index contributed by atoms with van der Waals surface area (Å²) in [6, 6.07) is 12.2. The number of esters is 1. The molecule has 0 atom stereocenters. The van der Waals surface area contributed by atoms with Gasteiger partial charge in [0.05, 0.1) is 18.0 Å². The van der Waals surface area contributed by atoms with Gasteiger partial charge in [-0.15, -0.1) is 0 Å². The SMILES string of the molecule is CCOC(=O)Cc1ccccc1NC(=O)c1ccc([N+](=O)[O-])cc1. The van der Waals surface area contributed by atoms with Crippen molar-refractivity contribution < 1.29 is 19.2 Å². The molecule has 0 saturated carbocycles. The number of carbonyl (C=O) groups excluding carboxylic acids is 2. The van der Waals surface area contributed by atoms with E-state index < -0.39 is 10.8 Å². The Hall–Kier alpha value is -3.22. The van der Waals surface area contributed by atoms with Gasteiger partial charge in [-0.25, -0.2) is 0 Å². The first-order valence-electron chi connectivity index (χ1n) is 7.30. The van der Waals surface area contributed by atoms with Crippen LogP contribution in [0.15, 0.2) is 48.5 Å². The maximum atomic E-state index is 12.3. The van der Waals surface area contributed by atoms with Crippen molar-refractivity contribution in [2.24, 2.45) is 0 Å². The third-order valence-electron chi connectivity index (χ3n) is 3.25. The van der Waals surface area contributed by atoms with Crippen LogP contribution in [-0.4, -0.2) is 23.4 Å². The van der Waals surface area contributed by atoms with Gasteiger partial charge in [-0.05, 0) is 30.7 Å². The molecule has 0 bridgehead atoms. The van der Waals surface area contributed by atoms with Crippen molar-refractivity contribution in [3.05, 3.63) is 69.8 Å². The number of nitrogens with zero attached hydrogens (tertiary/aromatic N) is 1. The fourth-order valence-corrected chi connectivity index (χ4v) is 2.09. The fraction of sp³-hybridized carbons (Fsp3) is 0.176. The molecule has 1 N–H and O–H groups in total. The van der Waals surface area contributed by atoms with Crippen molar-refractivity contribution >= 4 is 23.3 Å². The number of hydrogen-bond acceptors (Lipinski definition) is 5. The number of anilines is 1. The lowest BCUT2D eigenvalue weighted by Crippen LogP contribution is -2.15. The van der Waals surface area contributed by atoms with Gasteiger partial charge in [0.15, 0.2) is 0 Å². The number of non-ortho nitro benzene ring substituents is 1. The summed E-state index contributed by atoms with van der Waals surface area (Å²) in [5, 5.41) is 13.3. The van der Waals surface area contributed by atoms with E-state index in [-0.39, 0.29) is 30.2 Å². The van der Waals surface area contributed by atoms with E-state index in [1.807, 2.05) is 0 Å². The van der Waals surface area contributed by atoms with Gasteiger partial charge >= 0.3 is 5.97 Å². The van der Waals surface area contributed by atoms with E-state index in [0.29, 0.717) is 11.3 Å². The third kappa shape index (κ3) is 4.39. The van der Waals surface area contributed by atoms with Crippen molar-refractivity contribution in [1.82, 2.24) is 0 Å². The largest absolute Gasteiger partial charge is 0.466 e. The molecule has 2 rings (SSSR count). The molecule has 24 heavy (non-hydrogen) atoms. The Labute approximate surface area is 138 Å². The molecule has 7 heteroatoms. The summed E-state index contributed by atoms with van der Waals surface area (Å²) in [5.41, 5.74) is 1.32. The van der Waals surface area contributed by atoms with Crippen molar-refractivity contribution in [1.29, 1.82) is 0 Å². The van der Waals surface area contributed by atoms with E-state index >= 15 is 0 Å². The van der Waals surface area contributed by atoms with Crippen molar-refractivity contribution in [3.8, 4) is 0 Å². The molecular weight excluding hydrogens is 312 g/mol. The van der Waals surface area contributed by atoms with Crippen LogP contribution in [0.4, 0.5) is 11.4 Å². The van der Waals surface area contributed by atoms with Crippen LogP contribution < -0.4 is 5.32 Å². The Bertz CT molecular complexity index is 756. The Balaban J connectivity index is 2.14. The maximum absolute atomic E-state index is 12.3. The molecule has 1 amide bonds. The molecule has 0 aliphatic carbocycles. The van der Waals surface area contributed by atoms with Crippen LogP contribution in [0.3, 0.4) is 0 Å². The van der Waals surface area contributed by atoms with Gasteiger partial charge in [-0.1, -0.05) is 18.2 Å². The highest BCUT2D eigenvalue weighted by molar-refractivity contribution is 6.05. The Morgan fingerprint density at radius 2 is 1.79 bits per heavy atom. The van der Waals surface area contributed by atoms with Gasteiger partial charge < -0.3 is 10.1 Å². The van der Waals surface area contributed by atoms with Crippen LogP contribution in [0.5, 0.6) is 0 Å². The summed E-state index contributed by atoms with van der Waals surface area (Å²) >= 11 is 0. The summed E-state index contributed by atoms with van der Waals surface area (Å²) in [6.45, 7) is 2.01. The number of carbonyl (C=O) groups is 2. The standard InChI is InChI=1S/C17H16N2O5/c1-2-24-16(20)11-13-5-3-4-6-15(13)18-17(21)12-7-9-14(10-8-12)19(22)23/h3-10H,2,11H2,1H3,(H,18,21). The number of rotatable bonds is 6. The molecule has 0 saturated heterocycles. The topological polar surface area (TPSA) is 98.5 Å². The number of benzene rings is 2. The normalized spacial score (nSPS) is 10.0. The van der Waals surface area contributed by atoms with E-state index in [9.17, 15) is 19.7 Å². The molecule has 0 aromatic heterocycles. The molecule has 0 heterocycles. The number of hydrogen-bond donors (Lipinski definition) is 1. The van der Waals surface area contributed by atoms with Crippen molar-refractivity contribution in [2.75, 3.05) is 11.9 Å². The number of amides is 1. The van der Waals surface area contributed by atoms with Crippen molar-refractivity contribution in [2.45, 2.75) is 13.3 Å². The average Bonchev–Trinajstić information content (AvgIpc) is 2.57. The lowest BCUT2D eigenvalue weighted by Gasteiger charge is -2.10. The first kappa shape index (κ1) is 17.1. The highest BCUT2D eigenvalue weighted by Gasteiger charge is 2.13. The first-order chi connectivity index (χ1) is 11.5. The summed E-state index contributed by atoms with van der Waals surface area (Å²) < 4.78 is 4.91. The highest BCUT2D eigenvalue weighted by Crippen LogP contribution is 2.18. The molecule has 2 aromatic carbocycles. The number of nitro benzene ring substituents is 1. The molecular formula is C17H16N2O5. The minimum atomic E-state index is -0.531. The van der Waals surface area contributed by atoms with E-state index in [4.69, 9.17) is 4.74 Å². The Morgan fingerprint density at radius 1 is 1.12 bits per heavy atom. The van der Waals surface area contributed by atoms with Crippen LogP contribution >= 0.6 is 0 Å². The second-order valence-electron chi connectivity index (χ2n) is 4.90. The lowest BCUT2D eigenvalue weighted by molar-refractivity contribution is -0.384. The van der Waals surface area contributed by atoms with Crippen LogP contribution in [-0.2, 0) is 16.0 Å². The van der Waals surface area contributed by atoms with Crippen LogP contribution in [0.2, 0.25) is 0 Å². The minimum Gasteiger partial charge on any atom is -0.466 e. The van der Waals surface area contributed by atoms with E-state index in [1.165, 1.54) is 24.3 Å². The zero-order chi connectivity index (χ0) is 17.5. The first-order valence-corrected chi connectivity index (χ1v) is 7.30. The Morgan fingerprint density at radius 3 is 2.42 bits per heavy atom. The molecule has 2 aromatic rings. The number of ether oxygens (including phenoxy) is 1. The molecule has 7 nitrogen and oxygen atoms in total. The fourth-order valence-electron chi connectivity index (χ4n) is 2.09. The summed E-state index contributed by atoms with van der Waals surface area (Å²) in [7, 11) is 0. The second-order valence-corrected chi connectivity index (χ2v) is 4.90. The molecule has 0 unspecified atom stereocenters. The summed E-state index contributed by atoms with van der Waals surface area (Å²) in [4.78, 5) is 34.0. The van der Waals surface area contributed by atoms with Crippen LogP contribution in [0.1, 0.15) is 22.8 Å². The van der Waals surface area contributed by atoms with Gasteiger partial charge in [0.25, 0.3) is 11.6 Å². The van der Waals surface area contributed by atoms with Gasteiger partial charge in [-0.2, -0.15) is 0 Å². The predicted molar refractivity (Wildman–Crippen MR) is 87.8 cm³/mol. The van der Waals surface area contributed by atoms with Crippen LogP contribution in [0.25, 0.3) is 0 Å². The second kappa shape index (κ2) is 7.87. The van der Waals surface area contributed by atoms with Gasteiger partial charge in [0, 0.05) is 23.4 Å². The average molecular weight is 328 g/mol. The van der Waals surface area contributed by atoms with Crippen molar-refractivity contribution in [3.63, 3.8) is 0 Å². The summed E-state index contributed by atoms with van der Waals surface area (Å²) in [5.74, 6) is -0.796. The number of para-hydroxylation sites is 1. The monoisotopic (exact) mass is 328 g/mol. The number of nitro groups is 1. The maximum Gasteiger partial charge on any atom is 0.310 e. The smallest absolute Gasteiger partial charge is 0.310 e. The minimum absolute atomic E-state index is 0.0462. The van der Waals surface area contributed by atoms with Gasteiger partial charge in [-0.3, -0.25) is 19.7 Å². The van der Waals surface area contributed by atoms with E-state index in [1.54, 1.807) is 31.2 Å². The van der Waals surface area contributed by atoms with Gasteiger partial charge in [0.1, 0.15) is 0 Å². The predicted octanol–water partition coefficient (Wildman–Crippen LogP) is 2.95. The molecule has 0 spiro atoms. The summed E-state index contributed by atoms with van der Waals surface area (Å²) in [6.07, 6.45) is 0.0462. The van der Waals surface area contributed by atoms with E-state index in [0.717, 1.165) is 0 Å². The van der Waals surface area contributed by atoms with Crippen LogP contribution in [0, 0.1) is 10.1 Å². The Kier molecular flexibility index (Phi) is 5.62. The molecule has 124 valence electrons. The molecule has 0 aliphatic heterocycles. The highest BCUT2D eigenvalue weighted by atomic mass is 16.6. The number of nitrogens with one attached hydrogen (secondary N) is 1. The lowest BCUT2D eigenvalue weighted by atomic mass is 10.1. The molecule has 0 radical (unpaired) electrons. The molecule has 0 aliphatic rings. The zero-order valence-electron chi connectivity index (χ0n) is 13.0. The van der Waals surface area contributed by atoms with Gasteiger partial charge in [0.2, 0.25) is 0 Å². The zero-order valence-corrected chi connectivity index (χ0v) is 13.0.